The molecule has 230 valence electrons. The van der Waals surface area contributed by atoms with Gasteiger partial charge in [0.05, 0.1) is 33.3 Å². The number of nitrogens with zero attached hydrogens (tertiary/aromatic N) is 4. The monoisotopic (exact) mass is 632 g/mol. The van der Waals surface area contributed by atoms with Crippen molar-refractivity contribution < 1.29 is 61.8 Å². The van der Waals surface area contributed by atoms with Gasteiger partial charge in [-0.15, -0.1) is 0 Å². The van der Waals surface area contributed by atoms with Crippen molar-refractivity contribution >= 4 is 42.8 Å². The lowest BCUT2D eigenvalue weighted by Crippen LogP contribution is -2.41. The molecule has 2 aromatic heterocycles. The number of methoxy groups -OCH3 is 1. The molecule has 0 aliphatic heterocycles. The van der Waals surface area contributed by atoms with E-state index >= 15 is 0 Å². The Kier molecular flexibility index (Phi) is 12.3. The maximum atomic E-state index is 12.4. The molecular weight excluding hydrogens is 603 g/mol. The van der Waals surface area contributed by atoms with E-state index in [9.17, 15) is 23.9 Å². The third-order valence-corrected chi connectivity index (χ3v) is 7.08. The highest BCUT2D eigenvalue weighted by Gasteiger charge is 2.53. The van der Waals surface area contributed by atoms with Gasteiger partial charge in [-0.05, 0) is 38.1 Å². The Labute approximate surface area is 243 Å². The second-order valence-electron chi connectivity index (χ2n) is 7.66. The van der Waals surface area contributed by atoms with E-state index in [1.807, 2.05) is 24.3 Å². The van der Waals surface area contributed by atoms with E-state index in [0.29, 0.717) is 21.9 Å². The molecule has 0 bridgehead atoms. The Balaban J connectivity index is 1.74. The Morgan fingerprint density at radius 1 is 0.929 bits per heavy atom. The van der Waals surface area contributed by atoms with Crippen LogP contribution >= 0.6 is 19.4 Å². The van der Waals surface area contributed by atoms with Crippen molar-refractivity contribution in [3.8, 4) is 5.75 Å². The molecule has 3 rings (SSSR count). The second kappa shape index (κ2) is 15.6. The van der Waals surface area contributed by atoms with Crippen LogP contribution in [0.4, 0.5) is 9.59 Å². The van der Waals surface area contributed by atoms with E-state index in [1.165, 1.54) is 38.3 Å². The average Bonchev–Trinajstić information content (AvgIpc) is 3.37. The van der Waals surface area contributed by atoms with Gasteiger partial charge in [-0.2, -0.15) is 0 Å². The highest BCUT2D eigenvalue weighted by molar-refractivity contribution is 7.99. The number of hydrogen-bond donors (Lipinski definition) is 2. The maximum Gasteiger partial charge on any atom is 0.510 e. The molecule has 1 aromatic carbocycles. The molecule has 19 heteroatoms. The van der Waals surface area contributed by atoms with Gasteiger partial charge in [0.1, 0.15) is 22.6 Å². The summed E-state index contributed by atoms with van der Waals surface area (Å²) in [5.74, 6) is 0.704. The van der Waals surface area contributed by atoms with E-state index in [0.717, 1.165) is 4.90 Å². The summed E-state index contributed by atoms with van der Waals surface area (Å²) >= 11 is 1.35. The molecule has 2 N–H and O–H groups in total. The molecule has 3 aromatic rings. The predicted molar refractivity (Wildman–Crippen MR) is 141 cm³/mol. The number of imidazole rings is 1. The highest BCUT2D eigenvalue weighted by Crippen LogP contribution is 2.53. The van der Waals surface area contributed by atoms with Gasteiger partial charge in [0.15, 0.2) is 5.65 Å². The summed E-state index contributed by atoms with van der Waals surface area (Å²) in [6.45, 7) is 0.412. The summed E-state index contributed by atoms with van der Waals surface area (Å²) in [5.41, 5.74) is -2.27. The first-order valence-electron chi connectivity index (χ1n) is 12.2. The van der Waals surface area contributed by atoms with Gasteiger partial charge >= 0.3 is 25.6 Å². The summed E-state index contributed by atoms with van der Waals surface area (Å²) in [6, 6.07) is 7.34. The van der Waals surface area contributed by atoms with Crippen molar-refractivity contribution in [3.05, 3.63) is 36.9 Å². The van der Waals surface area contributed by atoms with Crippen LogP contribution in [0.15, 0.2) is 46.8 Å². The first-order chi connectivity index (χ1) is 20.1. The van der Waals surface area contributed by atoms with Crippen LogP contribution in [-0.4, -0.2) is 87.8 Å². The average molecular weight is 633 g/mol. The molecule has 0 spiro atoms. The van der Waals surface area contributed by atoms with Crippen molar-refractivity contribution in [2.75, 3.05) is 40.5 Å². The van der Waals surface area contributed by atoms with Crippen molar-refractivity contribution in [2.45, 2.75) is 36.0 Å². The van der Waals surface area contributed by atoms with E-state index in [1.54, 1.807) is 11.7 Å². The molecule has 0 saturated heterocycles. The van der Waals surface area contributed by atoms with Crippen molar-refractivity contribution in [2.24, 2.45) is 0 Å². The minimum atomic E-state index is -5.46. The standard InChI is InChI=1S/C23H29N4O13PS/c1-4-34-21(28)36-14-39-23(41(30,31)32,40-15-37-22(29)35-5-2)38-11-10-27-13-26-18-19(27)24-12-25-20(18)42-17-8-6-16(33-3)7-9-17/h6-9,12-13H,4-5,10-11,14-15H2,1-3H3,(H2,30,31,32). The molecule has 0 radical (unpaired) electrons. The van der Waals surface area contributed by atoms with Gasteiger partial charge in [-0.3, -0.25) is 14.0 Å². The number of aromatic nitrogens is 4. The van der Waals surface area contributed by atoms with Crippen LogP contribution in [-0.2, 0) is 44.3 Å². The highest BCUT2D eigenvalue weighted by atomic mass is 32.2. The van der Waals surface area contributed by atoms with E-state index in [4.69, 9.17) is 18.9 Å². The Hall–Kier alpha value is -3.51. The number of carbonyl (C=O) groups excluding carboxylic acids is 2. The van der Waals surface area contributed by atoms with Crippen molar-refractivity contribution in [1.82, 2.24) is 19.5 Å². The Morgan fingerprint density at radius 3 is 2.10 bits per heavy atom. The number of hydrogen-bond acceptors (Lipinski definition) is 15. The van der Waals surface area contributed by atoms with Crippen LogP contribution in [0.1, 0.15) is 13.8 Å². The number of benzene rings is 1. The molecule has 0 amide bonds. The molecule has 0 fully saturated rings. The number of ether oxygens (including phenoxy) is 8. The summed E-state index contributed by atoms with van der Waals surface area (Å²) in [5, 5.41) is 0.563. The molecule has 0 unspecified atom stereocenters. The van der Waals surface area contributed by atoms with Crippen LogP contribution in [0.25, 0.3) is 11.2 Å². The minimum Gasteiger partial charge on any atom is -0.497 e. The normalized spacial score (nSPS) is 11.7. The molecule has 0 aliphatic carbocycles. The zero-order valence-electron chi connectivity index (χ0n) is 22.7. The smallest absolute Gasteiger partial charge is 0.497 e. The summed E-state index contributed by atoms with van der Waals surface area (Å²) in [4.78, 5) is 56.9. The molecule has 17 nitrogen and oxygen atoms in total. The zero-order valence-corrected chi connectivity index (χ0v) is 24.4. The van der Waals surface area contributed by atoms with Crippen LogP contribution in [0.3, 0.4) is 0 Å². The third kappa shape index (κ3) is 8.99. The SMILES string of the molecule is CCOC(=O)OCOC(OCCn1cnc2c(Sc3ccc(OC)cc3)ncnc21)(OCOC(=O)OCC)P(=O)(O)O. The molecular formula is C23H29N4O13PS. The Morgan fingerprint density at radius 2 is 1.55 bits per heavy atom. The van der Waals surface area contributed by atoms with Crippen LogP contribution in [0.2, 0.25) is 0 Å². The van der Waals surface area contributed by atoms with Gasteiger partial charge in [0.2, 0.25) is 13.6 Å². The second-order valence-corrected chi connectivity index (χ2v) is 10.4. The van der Waals surface area contributed by atoms with Gasteiger partial charge in [-0.25, -0.2) is 24.5 Å². The number of carbonyl (C=O) groups is 2. The van der Waals surface area contributed by atoms with E-state index in [2.05, 4.69) is 33.9 Å². The fourth-order valence-electron chi connectivity index (χ4n) is 3.13. The maximum absolute atomic E-state index is 12.4. The van der Waals surface area contributed by atoms with Gasteiger partial charge in [-0.1, -0.05) is 11.8 Å². The van der Waals surface area contributed by atoms with Gasteiger partial charge in [0, 0.05) is 11.4 Å². The van der Waals surface area contributed by atoms with Crippen molar-refractivity contribution in [1.29, 1.82) is 0 Å². The number of fused-ring (bicyclic) bond motifs is 1. The first-order valence-corrected chi connectivity index (χ1v) is 14.6. The van der Waals surface area contributed by atoms with E-state index < -0.39 is 45.8 Å². The lowest BCUT2D eigenvalue weighted by molar-refractivity contribution is -0.364. The van der Waals surface area contributed by atoms with Gasteiger partial charge < -0.3 is 42.8 Å². The molecule has 0 saturated carbocycles. The third-order valence-electron chi connectivity index (χ3n) is 4.98. The fraction of sp³-hybridized carbons (Fsp3) is 0.435. The molecule has 0 aliphatic rings. The molecule has 0 atom stereocenters. The quantitative estimate of drug-likeness (QED) is 0.101. The largest absolute Gasteiger partial charge is 0.510 e. The minimum absolute atomic E-state index is 0.0222. The van der Waals surface area contributed by atoms with Crippen LogP contribution in [0, 0.1) is 0 Å². The zero-order chi connectivity index (χ0) is 30.6. The first kappa shape index (κ1) is 33.0. The van der Waals surface area contributed by atoms with Gasteiger partial charge in [0.25, 0.3) is 0 Å². The molecule has 2 heterocycles. The lowest BCUT2D eigenvalue weighted by Gasteiger charge is -2.32. The fourth-order valence-corrected chi connectivity index (χ4v) is 4.66. The van der Waals surface area contributed by atoms with Crippen LogP contribution in [0.5, 0.6) is 5.75 Å². The predicted octanol–water partition coefficient (Wildman–Crippen LogP) is 3.09. The summed E-state index contributed by atoms with van der Waals surface area (Å²) < 4.78 is 53.0. The lowest BCUT2D eigenvalue weighted by atomic mass is 10.3. The topological polar surface area (TPSA) is 209 Å². The number of rotatable bonds is 16. The van der Waals surface area contributed by atoms with Crippen molar-refractivity contribution in [3.63, 3.8) is 0 Å². The summed E-state index contributed by atoms with van der Waals surface area (Å²) in [6.07, 6.45) is 0.439. The molecule has 42 heavy (non-hydrogen) atoms. The summed E-state index contributed by atoms with van der Waals surface area (Å²) in [7, 11) is -3.89. The Bertz CT molecular complexity index is 1340. The van der Waals surface area contributed by atoms with E-state index in [-0.39, 0.29) is 19.8 Å². The van der Waals surface area contributed by atoms with Crippen LogP contribution < -0.4 is 4.74 Å².